The van der Waals surface area contributed by atoms with Gasteiger partial charge in [0.15, 0.2) is 0 Å². The smallest absolute Gasteiger partial charge is 0.293 e. The zero-order valence-electron chi connectivity index (χ0n) is 13.4. The fraction of sp³-hybridized carbons (Fsp3) is 0.333. The summed E-state index contributed by atoms with van der Waals surface area (Å²) >= 11 is 0. The molecule has 0 unspecified atom stereocenters. The molecule has 9 heteroatoms. The van der Waals surface area contributed by atoms with Crippen LogP contribution >= 0.6 is 0 Å². The Morgan fingerprint density at radius 2 is 1.96 bits per heavy atom. The van der Waals surface area contributed by atoms with E-state index in [9.17, 15) is 18.5 Å². The van der Waals surface area contributed by atoms with Gasteiger partial charge in [-0.05, 0) is 24.3 Å². The first-order valence-electron chi connectivity index (χ1n) is 7.45. The molecule has 0 atom stereocenters. The lowest BCUT2D eigenvalue weighted by atomic mass is 10.2. The van der Waals surface area contributed by atoms with Crippen molar-refractivity contribution in [2.45, 2.75) is 25.3 Å². The second kappa shape index (κ2) is 7.45. The summed E-state index contributed by atoms with van der Waals surface area (Å²) in [5.74, 6) is 0.615. The number of nitro groups is 1. The third kappa shape index (κ3) is 3.74. The fourth-order valence-electron chi connectivity index (χ4n) is 2.28. The molecule has 0 saturated heterocycles. The molecule has 0 spiro atoms. The Bertz CT molecular complexity index is 799. The number of sulfonamides is 1. The largest absolute Gasteiger partial charge is 0.467 e. The Morgan fingerprint density at radius 1 is 1.25 bits per heavy atom. The maximum atomic E-state index is 12.5. The second-order valence-electron chi connectivity index (χ2n) is 4.96. The minimum Gasteiger partial charge on any atom is -0.467 e. The van der Waals surface area contributed by atoms with Crippen LogP contribution in [0.25, 0.3) is 0 Å². The van der Waals surface area contributed by atoms with Gasteiger partial charge in [0.05, 0.1) is 22.6 Å². The van der Waals surface area contributed by atoms with Crippen molar-refractivity contribution in [1.29, 1.82) is 0 Å². The van der Waals surface area contributed by atoms with E-state index in [1.165, 1.54) is 22.7 Å². The van der Waals surface area contributed by atoms with Crippen molar-refractivity contribution in [2.75, 3.05) is 18.4 Å². The highest BCUT2D eigenvalue weighted by atomic mass is 32.2. The number of nitro benzene ring substituents is 1. The first kappa shape index (κ1) is 18.0. The lowest BCUT2D eigenvalue weighted by Gasteiger charge is -2.18. The summed E-state index contributed by atoms with van der Waals surface area (Å²) in [5.41, 5.74) is -0.0651. The highest BCUT2D eigenvalue weighted by Gasteiger charge is 2.25. The molecule has 2 aromatic rings. The molecule has 0 bridgehead atoms. The van der Waals surface area contributed by atoms with E-state index in [2.05, 4.69) is 5.32 Å². The van der Waals surface area contributed by atoms with Crippen LogP contribution < -0.4 is 5.32 Å². The molecule has 0 amide bonds. The van der Waals surface area contributed by atoms with Crippen LogP contribution in [0.1, 0.15) is 19.6 Å². The van der Waals surface area contributed by atoms with Crippen molar-refractivity contribution in [2.24, 2.45) is 0 Å². The standard InChI is InChI=1S/C15H19N3O5S/c1-3-17(4-2)24(21,22)13-7-8-14(15(10-13)18(19)20)16-11-12-6-5-9-23-12/h5-10,16H,3-4,11H2,1-2H3. The molecule has 1 heterocycles. The van der Waals surface area contributed by atoms with Gasteiger partial charge in [0, 0.05) is 19.2 Å². The number of rotatable bonds is 8. The van der Waals surface area contributed by atoms with E-state index in [1.807, 2.05) is 0 Å². The zero-order chi connectivity index (χ0) is 17.7. The van der Waals surface area contributed by atoms with Crippen molar-refractivity contribution in [1.82, 2.24) is 4.31 Å². The van der Waals surface area contributed by atoms with Gasteiger partial charge in [-0.1, -0.05) is 13.8 Å². The van der Waals surface area contributed by atoms with Crippen LogP contribution in [0, 0.1) is 10.1 Å². The molecule has 0 aliphatic heterocycles. The number of hydrogen-bond acceptors (Lipinski definition) is 6. The summed E-state index contributed by atoms with van der Waals surface area (Å²) in [6.45, 7) is 4.29. The monoisotopic (exact) mass is 353 g/mol. The molecule has 8 nitrogen and oxygen atoms in total. The van der Waals surface area contributed by atoms with E-state index in [4.69, 9.17) is 4.42 Å². The molecule has 0 aliphatic carbocycles. The van der Waals surface area contributed by atoms with Gasteiger partial charge < -0.3 is 9.73 Å². The number of hydrogen-bond donors (Lipinski definition) is 1. The quantitative estimate of drug-likeness (QED) is 0.578. The van der Waals surface area contributed by atoms with Gasteiger partial charge in [-0.25, -0.2) is 8.42 Å². The van der Waals surface area contributed by atoms with Crippen molar-refractivity contribution in [3.05, 3.63) is 52.5 Å². The van der Waals surface area contributed by atoms with Gasteiger partial charge in [0.25, 0.3) is 5.69 Å². The minimum absolute atomic E-state index is 0.0959. The number of benzene rings is 1. The molecule has 0 fully saturated rings. The lowest BCUT2D eigenvalue weighted by molar-refractivity contribution is -0.384. The topological polar surface area (TPSA) is 106 Å². The maximum absolute atomic E-state index is 12.5. The van der Waals surface area contributed by atoms with Crippen LogP contribution in [-0.4, -0.2) is 30.7 Å². The van der Waals surface area contributed by atoms with E-state index in [0.717, 1.165) is 6.07 Å². The molecular weight excluding hydrogens is 334 g/mol. The minimum atomic E-state index is -3.75. The van der Waals surface area contributed by atoms with Crippen LogP contribution in [0.15, 0.2) is 45.9 Å². The summed E-state index contributed by atoms with van der Waals surface area (Å²) in [7, 11) is -3.75. The number of anilines is 1. The van der Waals surface area contributed by atoms with Crippen molar-refractivity contribution in [3.8, 4) is 0 Å². The number of furan rings is 1. The molecule has 24 heavy (non-hydrogen) atoms. The second-order valence-corrected chi connectivity index (χ2v) is 6.90. The van der Waals surface area contributed by atoms with Gasteiger partial charge >= 0.3 is 0 Å². The number of nitrogens with one attached hydrogen (secondary N) is 1. The van der Waals surface area contributed by atoms with E-state index < -0.39 is 14.9 Å². The molecule has 1 N–H and O–H groups in total. The number of nitrogens with zero attached hydrogens (tertiary/aromatic N) is 2. The molecule has 130 valence electrons. The van der Waals surface area contributed by atoms with Crippen molar-refractivity contribution < 1.29 is 17.8 Å². The average molecular weight is 353 g/mol. The van der Waals surface area contributed by atoms with E-state index in [0.29, 0.717) is 18.8 Å². The van der Waals surface area contributed by atoms with E-state index in [1.54, 1.807) is 26.0 Å². The predicted molar refractivity (Wildman–Crippen MR) is 89.2 cm³/mol. The summed E-state index contributed by atoms with van der Waals surface area (Å²) in [6, 6.07) is 7.30. The molecule has 0 saturated carbocycles. The van der Waals surface area contributed by atoms with Gasteiger partial charge in [0.2, 0.25) is 10.0 Å². The SMILES string of the molecule is CCN(CC)S(=O)(=O)c1ccc(NCc2ccco2)c([N+](=O)[O-])c1. The van der Waals surface area contributed by atoms with Crippen molar-refractivity contribution >= 4 is 21.4 Å². The Kier molecular flexibility index (Phi) is 5.58. The first-order valence-corrected chi connectivity index (χ1v) is 8.89. The van der Waals surface area contributed by atoms with Crippen LogP contribution in [0.3, 0.4) is 0 Å². The Morgan fingerprint density at radius 3 is 2.50 bits per heavy atom. The van der Waals surface area contributed by atoms with Crippen molar-refractivity contribution in [3.63, 3.8) is 0 Å². The average Bonchev–Trinajstić information content (AvgIpc) is 3.07. The summed E-state index contributed by atoms with van der Waals surface area (Å²) in [6.07, 6.45) is 1.51. The normalized spacial score (nSPS) is 11.6. The third-order valence-corrected chi connectivity index (χ3v) is 5.59. The molecule has 0 radical (unpaired) electrons. The molecule has 0 aliphatic rings. The third-order valence-electron chi connectivity index (χ3n) is 3.54. The zero-order valence-corrected chi connectivity index (χ0v) is 14.2. The molecule has 1 aromatic carbocycles. The van der Waals surface area contributed by atoms with Gasteiger partial charge in [-0.2, -0.15) is 4.31 Å². The maximum Gasteiger partial charge on any atom is 0.293 e. The lowest BCUT2D eigenvalue weighted by Crippen LogP contribution is -2.30. The Labute approximate surface area is 140 Å². The summed E-state index contributed by atoms with van der Waals surface area (Å²) in [4.78, 5) is 10.6. The molecule has 2 rings (SSSR count). The molecular formula is C15H19N3O5S. The molecule has 1 aromatic heterocycles. The van der Waals surface area contributed by atoms with Crippen LogP contribution in [0.2, 0.25) is 0 Å². The van der Waals surface area contributed by atoms with Gasteiger partial charge in [-0.3, -0.25) is 10.1 Å². The van der Waals surface area contributed by atoms with E-state index >= 15 is 0 Å². The van der Waals surface area contributed by atoms with E-state index in [-0.39, 0.29) is 22.8 Å². The highest BCUT2D eigenvalue weighted by molar-refractivity contribution is 7.89. The summed E-state index contributed by atoms with van der Waals surface area (Å²) in [5, 5.41) is 14.2. The van der Waals surface area contributed by atoms with Gasteiger partial charge in [-0.15, -0.1) is 0 Å². The Balaban J connectivity index is 2.34. The van der Waals surface area contributed by atoms with Gasteiger partial charge in [0.1, 0.15) is 11.4 Å². The summed E-state index contributed by atoms with van der Waals surface area (Å²) < 4.78 is 31.4. The van der Waals surface area contributed by atoms with Crippen LogP contribution in [0.4, 0.5) is 11.4 Å². The fourth-order valence-corrected chi connectivity index (χ4v) is 3.76. The highest BCUT2D eigenvalue weighted by Crippen LogP contribution is 2.29. The predicted octanol–water partition coefficient (Wildman–Crippen LogP) is 2.83. The Hall–Kier alpha value is -2.39. The van der Waals surface area contributed by atoms with Crippen LogP contribution in [-0.2, 0) is 16.6 Å². The van der Waals surface area contributed by atoms with Crippen LogP contribution in [0.5, 0.6) is 0 Å². The first-order chi connectivity index (χ1) is 11.4.